The predicted molar refractivity (Wildman–Crippen MR) is 97.8 cm³/mol. The minimum absolute atomic E-state index is 0.0907. The van der Waals surface area contributed by atoms with Crippen LogP contribution >= 0.6 is 0 Å². The Balaban J connectivity index is 1.72. The number of amides is 2. The molecule has 0 saturated carbocycles. The first-order valence-corrected chi connectivity index (χ1v) is 8.47. The molecule has 2 heterocycles. The zero-order chi connectivity index (χ0) is 17.8. The molecular weight excluding hydrogens is 318 g/mol. The lowest BCUT2D eigenvalue weighted by atomic mass is 10.1. The lowest BCUT2D eigenvalue weighted by Gasteiger charge is -2.28. The molecule has 0 unspecified atom stereocenters. The van der Waals surface area contributed by atoms with E-state index >= 15 is 0 Å². The summed E-state index contributed by atoms with van der Waals surface area (Å²) >= 11 is 0. The lowest BCUT2D eigenvalue weighted by Crippen LogP contribution is -2.44. The van der Waals surface area contributed by atoms with Crippen LogP contribution in [0.1, 0.15) is 12.5 Å². The quantitative estimate of drug-likeness (QED) is 0.926. The Kier molecular flexibility index (Phi) is 5.23. The number of aromatic nitrogens is 2. The molecule has 0 spiro atoms. The van der Waals surface area contributed by atoms with Crippen molar-refractivity contribution in [3.05, 3.63) is 42.1 Å². The Morgan fingerprint density at radius 2 is 2.16 bits per heavy atom. The largest absolute Gasteiger partial charge is 0.383 e. The summed E-state index contributed by atoms with van der Waals surface area (Å²) in [6, 6.07) is 9.97. The Bertz CT molecular complexity index is 730. The second-order valence-electron chi connectivity index (χ2n) is 6.37. The van der Waals surface area contributed by atoms with E-state index in [2.05, 4.69) is 41.4 Å². The van der Waals surface area contributed by atoms with Gasteiger partial charge < -0.3 is 14.5 Å². The van der Waals surface area contributed by atoms with Crippen LogP contribution in [0.3, 0.4) is 0 Å². The van der Waals surface area contributed by atoms with Crippen LogP contribution in [0, 0.1) is 0 Å². The van der Waals surface area contributed by atoms with Crippen LogP contribution in [-0.2, 0) is 17.8 Å². The van der Waals surface area contributed by atoms with E-state index in [4.69, 9.17) is 4.74 Å². The van der Waals surface area contributed by atoms with Gasteiger partial charge in [-0.15, -0.1) is 0 Å². The number of anilines is 2. The summed E-state index contributed by atoms with van der Waals surface area (Å²) in [7, 11) is 3.72. The fraction of sp³-hybridized carbons (Fsp3) is 0.444. The minimum Gasteiger partial charge on any atom is -0.383 e. The average Bonchev–Trinajstić information content (AvgIpc) is 2.99. The highest BCUT2D eigenvalue weighted by atomic mass is 16.5. The number of carbonyl (C=O) groups excluding carboxylic acids is 1. The summed E-state index contributed by atoms with van der Waals surface area (Å²) in [6.45, 7) is 4.68. The van der Waals surface area contributed by atoms with E-state index in [9.17, 15) is 4.79 Å². The average molecular weight is 343 g/mol. The van der Waals surface area contributed by atoms with Gasteiger partial charge in [-0.05, 0) is 18.6 Å². The highest BCUT2D eigenvalue weighted by Gasteiger charge is 2.27. The van der Waals surface area contributed by atoms with Crippen LogP contribution in [0.4, 0.5) is 16.3 Å². The molecule has 0 saturated heterocycles. The number of nitrogens with one attached hydrogen (secondary N) is 1. The van der Waals surface area contributed by atoms with Gasteiger partial charge in [-0.25, -0.2) is 4.79 Å². The highest BCUT2D eigenvalue weighted by molar-refractivity contribution is 5.88. The Morgan fingerprint density at radius 3 is 2.96 bits per heavy atom. The van der Waals surface area contributed by atoms with Crippen molar-refractivity contribution < 1.29 is 9.53 Å². The summed E-state index contributed by atoms with van der Waals surface area (Å²) in [5.74, 6) is 0.555. The van der Waals surface area contributed by atoms with Crippen molar-refractivity contribution in [1.29, 1.82) is 0 Å². The van der Waals surface area contributed by atoms with Gasteiger partial charge >= 0.3 is 6.03 Å². The standard InChI is InChI=1S/C18H25N5O2/c1-14-12-21(2)16-7-5-4-6-15(16)13-23(14)18(24)19-17-8-9-22(20-17)10-11-25-3/h4-9,14H,10-13H2,1-3H3,(H,19,20,24)/t14-/m0/s1. The molecule has 0 fully saturated rings. The maximum atomic E-state index is 12.8. The van der Waals surface area contributed by atoms with E-state index in [-0.39, 0.29) is 12.1 Å². The third kappa shape index (κ3) is 3.93. The maximum Gasteiger partial charge on any atom is 0.323 e. The van der Waals surface area contributed by atoms with Crippen LogP contribution < -0.4 is 10.2 Å². The normalized spacial score (nSPS) is 17.2. The molecule has 7 heteroatoms. The van der Waals surface area contributed by atoms with Gasteiger partial charge in [0.15, 0.2) is 5.82 Å². The number of ether oxygens (including phenoxy) is 1. The molecule has 134 valence electrons. The Morgan fingerprint density at radius 1 is 1.36 bits per heavy atom. The summed E-state index contributed by atoms with van der Waals surface area (Å²) in [6.07, 6.45) is 1.84. The molecule has 1 atom stereocenters. The molecule has 1 N–H and O–H groups in total. The van der Waals surface area contributed by atoms with Crippen molar-refractivity contribution in [2.75, 3.05) is 37.5 Å². The third-order valence-corrected chi connectivity index (χ3v) is 4.47. The van der Waals surface area contributed by atoms with E-state index in [1.807, 2.05) is 23.2 Å². The van der Waals surface area contributed by atoms with Crippen molar-refractivity contribution in [2.45, 2.75) is 26.1 Å². The summed E-state index contributed by atoms with van der Waals surface area (Å²) in [4.78, 5) is 16.9. The first-order chi connectivity index (χ1) is 12.1. The van der Waals surface area contributed by atoms with Crippen LogP contribution in [0.2, 0.25) is 0 Å². The summed E-state index contributed by atoms with van der Waals surface area (Å²) < 4.78 is 6.80. The van der Waals surface area contributed by atoms with Crippen LogP contribution in [-0.4, -0.2) is 54.1 Å². The van der Waals surface area contributed by atoms with Gasteiger partial charge in [-0.3, -0.25) is 10.00 Å². The number of benzene rings is 1. The lowest BCUT2D eigenvalue weighted by molar-refractivity contribution is 0.183. The number of hydrogen-bond acceptors (Lipinski definition) is 4. The van der Waals surface area contributed by atoms with Gasteiger partial charge in [-0.2, -0.15) is 5.10 Å². The molecular formula is C18H25N5O2. The molecule has 2 amide bonds. The molecule has 1 aliphatic rings. The van der Waals surface area contributed by atoms with E-state index in [0.717, 1.165) is 12.1 Å². The first kappa shape index (κ1) is 17.3. The van der Waals surface area contributed by atoms with Crippen LogP contribution in [0.25, 0.3) is 0 Å². The van der Waals surface area contributed by atoms with Crippen LogP contribution in [0.5, 0.6) is 0 Å². The highest BCUT2D eigenvalue weighted by Crippen LogP contribution is 2.26. The van der Waals surface area contributed by atoms with Gasteiger partial charge in [0, 0.05) is 51.2 Å². The topological polar surface area (TPSA) is 62.6 Å². The second kappa shape index (κ2) is 7.57. The molecule has 1 aliphatic heterocycles. The molecule has 7 nitrogen and oxygen atoms in total. The van der Waals surface area contributed by atoms with E-state index in [0.29, 0.717) is 25.5 Å². The van der Waals surface area contributed by atoms with Crippen molar-refractivity contribution >= 4 is 17.5 Å². The number of fused-ring (bicyclic) bond motifs is 1. The number of urea groups is 1. The van der Waals surface area contributed by atoms with Gasteiger partial charge in [0.2, 0.25) is 0 Å². The number of carbonyl (C=O) groups is 1. The van der Waals surface area contributed by atoms with E-state index < -0.39 is 0 Å². The number of methoxy groups -OCH3 is 1. The van der Waals surface area contributed by atoms with E-state index in [1.54, 1.807) is 17.9 Å². The molecule has 3 rings (SSSR count). The molecule has 1 aromatic heterocycles. The molecule has 0 radical (unpaired) electrons. The summed E-state index contributed by atoms with van der Waals surface area (Å²) in [5.41, 5.74) is 2.32. The predicted octanol–water partition coefficient (Wildman–Crippen LogP) is 2.40. The zero-order valence-electron chi connectivity index (χ0n) is 15.0. The monoisotopic (exact) mass is 343 g/mol. The van der Waals surface area contributed by atoms with Gasteiger partial charge in [0.25, 0.3) is 0 Å². The van der Waals surface area contributed by atoms with Gasteiger partial charge in [0.05, 0.1) is 13.2 Å². The summed E-state index contributed by atoms with van der Waals surface area (Å²) in [5, 5.41) is 7.27. The molecule has 2 aromatic rings. The number of nitrogens with zero attached hydrogens (tertiary/aromatic N) is 4. The van der Waals surface area contributed by atoms with Gasteiger partial charge in [-0.1, -0.05) is 18.2 Å². The fourth-order valence-corrected chi connectivity index (χ4v) is 3.14. The molecule has 25 heavy (non-hydrogen) atoms. The molecule has 0 bridgehead atoms. The zero-order valence-corrected chi connectivity index (χ0v) is 15.0. The molecule has 1 aromatic carbocycles. The maximum absolute atomic E-state index is 12.8. The van der Waals surface area contributed by atoms with Crippen molar-refractivity contribution in [1.82, 2.24) is 14.7 Å². The fourth-order valence-electron chi connectivity index (χ4n) is 3.14. The molecule has 0 aliphatic carbocycles. The van der Waals surface area contributed by atoms with Crippen molar-refractivity contribution in [3.8, 4) is 0 Å². The Hall–Kier alpha value is -2.54. The second-order valence-corrected chi connectivity index (χ2v) is 6.37. The number of para-hydroxylation sites is 1. The van der Waals surface area contributed by atoms with Crippen molar-refractivity contribution in [3.63, 3.8) is 0 Å². The van der Waals surface area contributed by atoms with Crippen molar-refractivity contribution in [2.24, 2.45) is 0 Å². The van der Waals surface area contributed by atoms with Crippen LogP contribution in [0.15, 0.2) is 36.5 Å². The Labute approximate surface area is 148 Å². The third-order valence-electron chi connectivity index (χ3n) is 4.47. The smallest absolute Gasteiger partial charge is 0.323 e. The SMILES string of the molecule is COCCn1ccc(NC(=O)N2Cc3ccccc3N(C)C[C@@H]2C)n1. The minimum atomic E-state index is -0.130. The number of rotatable bonds is 4. The van der Waals surface area contributed by atoms with E-state index in [1.165, 1.54) is 5.69 Å². The van der Waals surface area contributed by atoms with Gasteiger partial charge in [0.1, 0.15) is 0 Å². The number of likely N-dealkylation sites (N-methyl/N-ethyl adjacent to an activating group) is 1. The number of hydrogen-bond donors (Lipinski definition) is 1. The first-order valence-electron chi connectivity index (χ1n) is 8.47.